The highest BCUT2D eigenvalue weighted by Gasteiger charge is 2.09. The molecule has 2 amide bonds. The summed E-state index contributed by atoms with van der Waals surface area (Å²) in [5.41, 5.74) is 2.68. The largest absolute Gasteiger partial charge is 0.456 e. The highest BCUT2D eigenvalue weighted by molar-refractivity contribution is 5.94. The lowest BCUT2D eigenvalue weighted by molar-refractivity contribution is -0.109. The second-order valence-electron chi connectivity index (χ2n) is 6.23. The van der Waals surface area contributed by atoms with Crippen LogP contribution in [-0.2, 0) is 4.79 Å². The molecule has 3 rings (SSSR count). The van der Waals surface area contributed by atoms with Gasteiger partial charge in [0, 0.05) is 30.3 Å². The van der Waals surface area contributed by atoms with Gasteiger partial charge in [-0.15, -0.1) is 0 Å². The predicted molar refractivity (Wildman–Crippen MR) is 104 cm³/mol. The summed E-state index contributed by atoms with van der Waals surface area (Å²) in [6.45, 7) is 2.92. The van der Waals surface area contributed by atoms with Crippen LogP contribution in [0.2, 0.25) is 0 Å². The van der Waals surface area contributed by atoms with Gasteiger partial charge in [-0.1, -0.05) is 23.8 Å². The fraction of sp³-hybridized carbons (Fsp3) is 0.190. The van der Waals surface area contributed by atoms with Crippen LogP contribution in [-0.4, -0.2) is 25.4 Å². The monoisotopic (exact) mass is 364 g/mol. The van der Waals surface area contributed by atoms with Crippen LogP contribution in [0.5, 0.6) is 0 Å². The molecule has 0 fully saturated rings. The van der Waals surface area contributed by atoms with E-state index in [4.69, 9.17) is 4.42 Å². The first kappa shape index (κ1) is 18.4. The third kappa shape index (κ3) is 4.41. The van der Waals surface area contributed by atoms with Gasteiger partial charge in [-0.25, -0.2) is 0 Å². The van der Waals surface area contributed by atoms with Crippen molar-refractivity contribution in [3.63, 3.8) is 0 Å². The van der Waals surface area contributed by atoms with Crippen LogP contribution in [0.15, 0.2) is 57.7 Å². The minimum Gasteiger partial charge on any atom is -0.456 e. The van der Waals surface area contributed by atoms with Gasteiger partial charge in [-0.2, -0.15) is 0 Å². The Kier molecular flexibility index (Phi) is 5.66. The quantitative estimate of drug-likeness (QED) is 0.498. The van der Waals surface area contributed by atoms with Crippen LogP contribution < -0.4 is 16.1 Å². The summed E-state index contributed by atoms with van der Waals surface area (Å²) in [6.07, 6.45) is 1.29. The molecule has 0 saturated heterocycles. The molecule has 0 aliphatic carbocycles. The van der Waals surface area contributed by atoms with Gasteiger partial charge in [0.05, 0.1) is 5.39 Å². The van der Waals surface area contributed by atoms with Crippen molar-refractivity contribution in [3.8, 4) is 11.3 Å². The molecule has 0 radical (unpaired) electrons. The van der Waals surface area contributed by atoms with E-state index >= 15 is 0 Å². The number of aryl methyl sites for hydroxylation is 1. The fourth-order valence-corrected chi connectivity index (χ4v) is 2.75. The van der Waals surface area contributed by atoms with E-state index in [9.17, 15) is 14.4 Å². The molecule has 6 heteroatoms. The second-order valence-corrected chi connectivity index (χ2v) is 6.23. The number of nitrogens with one attached hydrogen (secondary N) is 2. The van der Waals surface area contributed by atoms with Crippen LogP contribution in [0.3, 0.4) is 0 Å². The van der Waals surface area contributed by atoms with Crippen molar-refractivity contribution in [2.75, 3.05) is 13.1 Å². The van der Waals surface area contributed by atoms with E-state index in [-0.39, 0.29) is 11.3 Å². The van der Waals surface area contributed by atoms with E-state index in [2.05, 4.69) is 10.6 Å². The number of carbonyl (C=O) groups excluding carboxylic acids is 2. The Morgan fingerprint density at radius 1 is 1.07 bits per heavy atom. The molecule has 0 bridgehead atoms. The second kappa shape index (κ2) is 8.31. The Morgan fingerprint density at radius 2 is 1.85 bits per heavy atom. The first-order valence-electron chi connectivity index (χ1n) is 8.68. The molecule has 2 N–H and O–H groups in total. The van der Waals surface area contributed by atoms with Crippen molar-refractivity contribution >= 4 is 23.3 Å². The molecule has 0 atom stereocenters. The average Bonchev–Trinajstić information content (AvgIpc) is 2.68. The first-order chi connectivity index (χ1) is 13.1. The van der Waals surface area contributed by atoms with Crippen LogP contribution in [0.1, 0.15) is 22.3 Å². The Morgan fingerprint density at radius 3 is 2.59 bits per heavy atom. The van der Waals surface area contributed by atoms with Crippen LogP contribution in [0.25, 0.3) is 22.3 Å². The minimum absolute atomic E-state index is 0.0966. The van der Waals surface area contributed by atoms with E-state index in [1.807, 2.05) is 19.1 Å². The molecule has 2 aromatic carbocycles. The molecule has 6 nitrogen and oxygen atoms in total. The molecule has 27 heavy (non-hydrogen) atoms. The standard InChI is InChI=1S/C21H20N2O4/c1-14-3-8-19-17(11-14)18(25)12-20(27-19)15-4-6-16(7-5-15)21(26)23-10-2-9-22-13-24/h3-8,11-13H,2,9-10H2,1H3,(H,22,24)(H,23,26). The van der Waals surface area contributed by atoms with Crippen molar-refractivity contribution in [2.45, 2.75) is 13.3 Å². The molecular formula is C21H20N2O4. The van der Waals surface area contributed by atoms with Gasteiger partial charge in [0.2, 0.25) is 6.41 Å². The van der Waals surface area contributed by atoms with E-state index in [0.29, 0.717) is 48.2 Å². The SMILES string of the molecule is Cc1ccc2oc(-c3ccc(C(=O)NCCCNC=O)cc3)cc(=O)c2c1. The molecule has 0 spiro atoms. The maximum absolute atomic E-state index is 12.3. The highest BCUT2D eigenvalue weighted by atomic mass is 16.3. The third-order valence-corrected chi connectivity index (χ3v) is 4.18. The lowest BCUT2D eigenvalue weighted by Crippen LogP contribution is -2.26. The lowest BCUT2D eigenvalue weighted by Gasteiger charge is -2.07. The first-order valence-corrected chi connectivity index (χ1v) is 8.68. The molecule has 0 aliphatic rings. The molecule has 0 unspecified atom stereocenters. The molecule has 3 aromatic rings. The van der Waals surface area contributed by atoms with Crippen molar-refractivity contribution < 1.29 is 14.0 Å². The minimum atomic E-state index is -0.192. The number of rotatable bonds is 7. The summed E-state index contributed by atoms with van der Waals surface area (Å²) >= 11 is 0. The lowest BCUT2D eigenvalue weighted by atomic mass is 10.1. The van der Waals surface area contributed by atoms with Crippen molar-refractivity contribution in [1.82, 2.24) is 10.6 Å². The molecule has 138 valence electrons. The Balaban J connectivity index is 1.74. The molecule has 1 aromatic heterocycles. The van der Waals surface area contributed by atoms with E-state index in [0.717, 1.165) is 11.1 Å². The van der Waals surface area contributed by atoms with Crippen LogP contribution in [0, 0.1) is 6.92 Å². The zero-order valence-corrected chi connectivity index (χ0v) is 15.0. The zero-order valence-electron chi connectivity index (χ0n) is 15.0. The van der Waals surface area contributed by atoms with Gasteiger partial charge >= 0.3 is 0 Å². The predicted octanol–water partition coefficient (Wildman–Crippen LogP) is 2.63. The Bertz CT molecular complexity index is 1020. The maximum Gasteiger partial charge on any atom is 0.251 e. The van der Waals surface area contributed by atoms with Gasteiger partial charge in [-0.05, 0) is 37.6 Å². The third-order valence-electron chi connectivity index (χ3n) is 4.18. The number of hydrogen-bond acceptors (Lipinski definition) is 4. The molecular weight excluding hydrogens is 344 g/mol. The summed E-state index contributed by atoms with van der Waals surface area (Å²) in [5, 5.41) is 5.88. The van der Waals surface area contributed by atoms with Gasteiger partial charge in [-0.3, -0.25) is 14.4 Å². The highest BCUT2D eigenvalue weighted by Crippen LogP contribution is 2.23. The van der Waals surface area contributed by atoms with Crippen LogP contribution in [0.4, 0.5) is 0 Å². The summed E-state index contributed by atoms with van der Waals surface area (Å²) in [7, 11) is 0. The summed E-state index contributed by atoms with van der Waals surface area (Å²) in [5.74, 6) is 0.270. The maximum atomic E-state index is 12.3. The van der Waals surface area contributed by atoms with Gasteiger partial charge in [0.1, 0.15) is 11.3 Å². The number of benzene rings is 2. The van der Waals surface area contributed by atoms with Crippen LogP contribution >= 0.6 is 0 Å². The van der Waals surface area contributed by atoms with E-state index < -0.39 is 0 Å². The molecule has 0 saturated carbocycles. The number of carbonyl (C=O) groups is 2. The number of hydrogen-bond donors (Lipinski definition) is 2. The molecule has 0 aliphatic heterocycles. The van der Waals surface area contributed by atoms with Gasteiger partial charge in [0.25, 0.3) is 5.91 Å². The summed E-state index contributed by atoms with van der Waals surface area (Å²) in [4.78, 5) is 34.6. The smallest absolute Gasteiger partial charge is 0.251 e. The van der Waals surface area contributed by atoms with Gasteiger partial charge in [0.15, 0.2) is 5.43 Å². The summed E-state index contributed by atoms with van der Waals surface area (Å²) < 4.78 is 5.85. The zero-order chi connectivity index (χ0) is 19.2. The Hall–Kier alpha value is -3.41. The number of amides is 2. The Labute approximate surface area is 156 Å². The fourth-order valence-electron chi connectivity index (χ4n) is 2.75. The van der Waals surface area contributed by atoms with Gasteiger partial charge < -0.3 is 15.1 Å². The molecule has 1 heterocycles. The van der Waals surface area contributed by atoms with E-state index in [1.165, 1.54) is 6.07 Å². The van der Waals surface area contributed by atoms with Crippen molar-refractivity contribution in [3.05, 3.63) is 69.9 Å². The topological polar surface area (TPSA) is 88.4 Å². The van der Waals surface area contributed by atoms with E-state index in [1.54, 1.807) is 30.3 Å². The average molecular weight is 364 g/mol. The summed E-state index contributed by atoms with van der Waals surface area (Å²) in [6, 6.07) is 13.8. The normalized spacial score (nSPS) is 10.6. The van der Waals surface area contributed by atoms with Crippen molar-refractivity contribution in [2.24, 2.45) is 0 Å². The number of fused-ring (bicyclic) bond motifs is 1. The van der Waals surface area contributed by atoms with Crippen molar-refractivity contribution in [1.29, 1.82) is 0 Å².